The molecule has 1 saturated carbocycles. The molecule has 190 valence electrons. The van der Waals surface area contributed by atoms with Crippen LogP contribution in [0.2, 0.25) is 0 Å². The fraction of sp³-hybridized carbons (Fsp3) is 0.440. The standard InChI is InChI=1S/C25H29F2N7O2/c1-5-20(35)33-25(3)9-15(10-25)30-24-31-22-21(23(32-24)36-4)16(11-28-22)14-6-7-17-18(8-14)34(12-19(26)27)13(2)29-17/h6-8,11,15,19H,5,9-10,12H2,1-4H3,(H,33,35)(H2,28,30,31,32). The minimum atomic E-state index is -2.48. The van der Waals surface area contributed by atoms with Crippen LogP contribution in [0.25, 0.3) is 33.2 Å². The third kappa shape index (κ3) is 4.33. The van der Waals surface area contributed by atoms with Crippen molar-refractivity contribution in [2.24, 2.45) is 0 Å². The first-order valence-corrected chi connectivity index (χ1v) is 12.0. The number of benzene rings is 1. The Labute approximate surface area is 206 Å². The second-order valence-electron chi connectivity index (χ2n) is 9.56. The van der Waals surface area contributed by atoms with Crippen LogP contribution >= 0.6 is 0 Å². The predicted octanol–water partition coefficient (Wildman–Crippen LogP) is 4.42. The first kappa shape index (κ1) is 24.0. The molecule has 1 aromatic carbocycles. The van der Waals surface area contributed by atoms with E-state index in [0.717, 1.165) is 24.0 Å². The van der Waals surface area contributed by atoms with Crippen LogP contribution in [0, 0.1) is 6.92 Å². The third-order valence-electron chi connectivity index (χ3n) is 6.75. The molecule has 9 nitrogen and oxygen atoms in total. The van der Waals surface area contributed by atoms with Crippen molar-refractivity contribution in [1.82, 2.24) is 29.8 Å². The zero-order chi connectivity index (χ0) is 25.6. The SMILES string of the molecule is CCC(=O)NC1(C)CC(Nc2nc(OC)c3c(-c4ccc5nc(C)n(CC(F)F)c5c4)c[nH]c3n2)C1. The summed E-state index contributed by atoms with van der Waals surface area (Å²) in [6.07, 6.45) is 1.33. The Balaban J connectivity index is 1.44. The minimum absolute atomic E-state index is 0.0415. The fourth-order valence-corrected chi connectivity index (χ4v) is 5.06. The lowest BCUT2D eigenvalue weighted by Crippen LogP contribution is -2.59. The molecule has 0 aliphatic heterocycles. The van der Waals surface area contributed by atoms with Crippen LogP contribution in [0.15, 0.2) is 24.4 Å². The number of hydrogen-bond acceptors (Lipinski definition) is 6. The van der Waals surface area contributed by atoms with Crippen molar-refractivity contribution in [2.45, 2.75) is 64.6 Å². The number of methoxy groups -OCH3 is 1. The van der Waals surface area contributed by atoms with Gasteiger partial charge >= 0.3 is 0 Å². The summed E-state index contributed by atoms with van der Waals surface area (Å²) in [4.78, 5) is 28.6. The van der Waals surface area contributed by atoms with E-state index >= 15 is 0 Å². The highest BCUT2D eigenvalue weighted by Crippen LogP contribution is 2.37. The summed E-state index contributed by atoms with van der Waals surface area (Å²) in [7, 11) is 1.55. The highest BCUT2D eigenvalue weighted by atomic mass is 19.3. The van der Waals surface area contributed by atoms with E-state index in [1.54, 1.807) is 14.0 Å². The number of hydrogen-bond donors (Lipinski definition) is 3. The van der Waals surface area contributed by atoms with Gasteiger partial charge < -0.3 is 24.9 Å². The van der Waals surface area contributed by atoms with Gasteiger partial charge in [-0.25, -0.2) is 13.8 Å². The number of amides is 1. The molecule has 11 heteroatoms. The Morgan fingerprint density at radius 1 is 1.31 bits per heavy atom. The number of ether oxygens (including phenoxy) is 1. The first-order chi connectivity index (χ1) is 17.2. The predicted molar refractivity (Wildman–Crippen MR) is 133 cm³/mol. The minimum Gasteiger partial charge on any atom is -0.480 e. The third-order valence-corrected chi connectivity index (χ3v) is 6.75. The molecule has 5 rings (SSSR count). The fourth-order valence-electron chi connectivity index (χ4n) is 5.06. The normalized spacial score (nSPS) is 19.6. The Kier molecular flexibility index (Phi) is 6.01. The van der Waals surface area contributed by atoms with Gasteiger partial charge in [-0.05, 0) is 44.4 Å². The van der Waals surface area contributed by atoms with E-state index in [0.29, 0.717) is 46.1 Å². The summed E-state index contributed by atoms with van der Waals surface area (Å²) >= 11 is 0. The molecule has 36 heavy (non-hydrogen) atoms. The van der Waals surface area contributed by atoms with E-state index < -0.39 is 13.0 Å². The van der Waals surface area contributed by atoms with Gasteiger partial charge in [0.2, 0.25) is 17.7 Å². The highest BCUT2D eigenvalue weighted by Gasteiger charge is 2.41. The van der Waals surface area contributed by atoms with Crippen LogP contribution in [0.4, 0.5) is 14.7 Å². The number of carbonyl (C=O) groups excluding carboxylic acids is 1. The van der Waals surface area contributed by atoms with E-state index in [-0.39, 0.29) is 17.5 Å². The Bertz CT molecular complexity index is 1440. The Morgan fingerprint density at radius 3 is 2.78 bits per heavy atom. The molecule has 1 amide bonds. The van der Waals surface area contributed by atoms with Gasteiger partial charge in [0.15, 0.2) is 0 Å². The van der Waals surface area contributed by atoms with Gasteiger partial charge in [0.25, 0.3) is 6.43 Å². The number of alkyl halides is 2. The molecular formula is C25H29F2N7O2. The molecule has 4 aromatic rings. The van der Waals surface area contributed by atoms with Crippen LogP contribution in [-0.2, 0) is 11.3 Å². The number of aromatic amines is 1. The monoisotopic (exact) mass is 497 g/mol. The number of rotatable bonds is 8. The molecular weight excluding hydrogens is 468 g/mol. The molecule has 0 saturated heterocycles. The second-order valence-corrected chi connectivity index (χ2v) is 9.56. The molecule has 0 bridgehead atoms. The van der Waals surface area contributed by atoms with Crippen molar-refractivity contribution >= 4 is 33.9 Å². The Morgan fingerprint density at radius 2 is 2.08 bits per heavy atom. The molecule has 1 aliphatic rings. The maximum Gasteiger partial charge on any atom is 0.256 e. The van der Waals surface area contributed by atoms with Crippen LogP contribution < -0.4 is 15.4 Å². The quantitative estimate of drug-likeness (QED) is 0.333. The molecule has 0 radical (unpaired) electrons. The van der Waals surface area contributed by atoms with Crippen molar-refractivity contribution in [2.75, 3.05) is 12.4 Å². The van der Waals surface area contributed by atoms with Crippen LogP contribution in [0.3, 0.4) is 0 Å². The van der Waals surface area contributed by atoms with Gasteiger partial charge in [-0.15, -0.1) is 0 Å². The zero-order valence-corrected chi connectivity index (χ0v) is 20.7. The number of imidazole rings is 1. The van der Waals surface area contributed by atoms with E-state index in [1.165, 1.54) is 4.57 Å². The lowest BCUT2D eigenvalue weighted by Gasteiger charge is -2.45. The first-order valence-electron chi connectivity index (χ1n) is 12.0. The summed E-state index contributed by atoms with van der Waals surface area (Å²) in [6, 6.07) is 5.71. The lowest BCUT2D eigenvalue weighted by atomic mass is 9.74. The van der Waals surface area contributed by atoms with Gasteiger partial charge in [-0.2, -0.15) is 9.97 Å². The lowest BCUT2D eigenvalue weighted by molar-refractivity contribution is -0.123. The van der Waals surface area contributed by atoms with Gasteiger partial charge in [0, 0.05) is 29.8 Å². The van der Waals surface area contributed by atoms with Gasteiger partial charge in [-0.3, -0.25) is 4.79 Å². The van der Waals surface area contributed by atoms with Gasteiger partial charge in [-0.1, -0.05) is 13.0 Å². The number of H-pyrrole nitrogens is 1. The van der Waals surface area contributed by atoms with E-state index in [2.05, 4.69) is 30.6 Å². The second kappa shape index (κ2) is 9.03. The maximum absolute atomic E-state index is 13.1. The number of aryl methyl sites for hydroxylation is 1. The van der Waals surface area contributed by atoms with Gasteiger partial charge in [0.1, 0.15) is 11.5 Å². The summed E-state index contributed by atoms with van der Waals surface area (Å²) in [5.41, 5.74) is 3.28. The molecule has 1 aliphatic carbocycles. The smallest absolute Gasteiger partial charge is 0.256 e. The average molecular weight is 498 g/mol. The van der Waals surface area contributed by atoms with E-state index in [1.807, 2.05) is 38.2 Å². The van der Waals surface area contributed by atoms with Crippen LogP contribution in [-0.4, -0.2) is 55.5 Å². The number of anilines is 1. The molecule has 0 unspecified atom stereocenters. The van der Waals surface area contributed by atoms with Gasteiger partial charge in [0.05, 0.1) is 30.1 Å². The molecule has 3 heterocycles. The summed E-state index contributed by atoms with van der Waals surface area (Å²) < 4.78 is 33.4. The van der Waals surface area contributed by atoms with Crippen LogP contribution in [0.5, 0.6) is 5.88 Å². The Hall–Kier alpha value is -3.76. The van der Waals surface area contributed by atoms with Crippen molar-refractivity contribution in [3.8, 4) is 17.0 Å². The number of halogens is 2. The average Bonchev–Trinajstić information content (AvgIpc) is 3.37. The zero-order valence-electron chi connectivity index (χ0n) is 20.7. The number of carbonyl (C=O) groups is 1. The van der Waals surface area contributed by atoms with E-state index in [9.17, 15) is 13.6 Å². The maximum atomic E-state index is 13.1. The molecule has 3 aromatic heterocycles. The summed E-state index contributed by atoms with van der Waals surface area (Å²) in [6.45, 7) is 5.18. The number of nitrogens with one attached hydrogen (secondary N) is 3. The topological polar surface area (TPSA) is 110 Å². The van der Waals surface area contributed by atoms with Crippen molar-refractivity contribution < 1.29 is 18.3 Å². The van der Waals surface area contributed by atoms with E-state index in [4.69, 9.17) is 4.74 Å². The molecule has 1 fully saturated rings. The number of aromatic nitrogens is 5. The van der Waals surface area contributed by atoms with Crippen molar-refractivity contribution in [3.63, 3.8) is 0 Å². The van der Waals surface area contributed by atoms with Crippen molar-refractivity contribution in [3.05, 3.63) is 30.2 Å². The summed E-state index contributed by atoms with van der Waals surface area (Å²) in [5.74, 6) is 1.42. The highest BCUT2D eigenvalue weighted by molar-refractivity contribution is 5.99. The number of nitrogens with zero attached hydrogens (tertiary/aromatic N) is 4. The largest absolute Gasteiger partial charge is 0.480 e. The molecule has 0 atom stereocenters. The van der Waals surface area contributed by atoms with Crippen molar-refractivity contribution in [1.29, 1.82) is 0 Å². The van der Waals surface area contributed by atoms with Crippen LogP contribution in [0.1, 0.15) is 38.9 Å². The molecule has 0 spiro atoms. The number of fused-ring (bicyclic) bond motifs is 2. The summed E-state index contributed by atoms with van der Waals surface area (Å²) in [5, 5.41) is 7.10. The molecule has 3 N–H and O–H groups in total.